The average molecular weight is 332 g/mol. The van der Waals surface area contributed by atoms with E-state index in [1.54, 1.807) is 12.1 Å². The van der Waals surface area contributed by atoms with Crippen molar-refractivity contribution in [1.82, 2.24) is 0 Å². The molecule has 2 aromatic carbocycles. The van der Waals surface area contributed by atoms with Gasteiger partial charge in [0.1, 0.15) is 24.7 Å². The zero-order valence-electron chi connectivity index (χ0n) is 13.6. The fourth-order valence-electron chi connectivity index (χ4n) is 1.97. The molecule has 4 N–H and O–H groups in total. The number of hydrogen-bond donors (Lipinski definition) is 2. The predicted molar refractivity (Wildman–Crippen MR) is 94.3 cm³/mol. The van der Waals surface area contributed by atoms with Gasteiger partial charge in [0.25, 0.3) is 0 Å². The minimum absolute atomic E-state index is 0.474. The Morgan fingerprint density at radius 1 is 0.583 bits per heavy atom. The van der Waals surface area contributed by atoms with E-state index < -0.39 is 0 Å². The van der Waals surface area contributed by atoms with E-state index >= 15 is 0 Å². The van der Waals surface area contributed by atoms with E-state index in [0.717, 1.165) is 11.5 Å². The number of nitrogen functional groups attached to an aromatic ring is 2. The molecule has 130 valence electrons. The fourth-order valence-corrected chi connectivity index (χ4v) is 1.97. The van der Waals surface area contributed by atoms with Gasteiger partial charge in [-0.3, -0.25) is 0 Å². The smallest absolute Gasteiger partial charge is 0.121 e. The highest BCUT2D eigenvalue weighted by Crippen LogP contribution is 2.14. The first-order chi connectivity index (χ1) is 11.7. The van der Waals surface area contributed by atoms with E-state index in [0.29, 0.717) is 51.0 Å². The molecule has 2 aromatic rings. The maximum atomic E-state index is 5.67. The Labute approximate surface area is 142 Å². The van der Waals surface area contributed by atoms with Gasteiger partial charge in [0.05, 0.1) is 26.4 Å². The Morgan fingerprint density at radius 2 is 1.00 bits per heavy atom. The number of hydrogen-bond acceptors (Lipinski definition) is 6. The molecular formula is C18H24N2O4. The maximum Gasteiger partial charge on any atom is 0.121 e. The van der Waals surface area contributed by atoms with E-state index in [1.807, 2.05) is 36.4 Å². The molecule has 0 bridgehead atoms. The van der Waals surface area contributed by atoms with Crippen molar-refractivity contribution in [2.75, 3.05) is 51.1 Å². The Balaban J connectivity index is 1.42. The highest BCUT2D eigenvalue weighted by Gasteiger charge is 1.96. The lowest BCUT2D eigenvalue weighted by Crippen LogP contribution is -2.13. The van der Waals surface area contributed by atoms with E-state index in [-0.39, 0.29) is 0 Å². The van der Waals surface area contributed by atoms with Crippen LogP contribution in [0.15, 0.2) is 48.5 Å². The first-order valence-corrected chi connectivity index (χ1v) is 7.86. The molecule has 0 fully saturated rings. The lowest BCUT2D eigenvalue weighted by Gasteiger charge is -2.09. The number of ether oxygens (including phenoxy) is 4. The van der Waals surface area contributed by atoms with Gasteiger partial charge < -0.3 is 30.4 Å². The summed E-state index contributed by atoms with van der Waals surface area (Å²) >= 11 is 0. The molecule has 0 saturated heterocycles. The molecule has 0 aromatic heterocycles. The van der Waals surface area contributed by atoms with Gasteiger partial charge in [-0.05, 0) is 24.3 Å². The largest absolute Gasteiger partial charge is 0.491 e. The number of rotatable bonds is 11. The van der Waals surface area contributed by atoms with Crippen LogP contribution >= 0.6 is 0 Å². The Kier molecular flexibility index (Phi) is 7.73. The number of nitrogens with two attached hydrogens (primary N) is 2. The van der Waals surface area contributed by atoms with Crippen LogP contribution in [0.25, 0.3) is 0 Å². The lowest BCUT2D eigenvalue weighted by molar-refractivity contribution is 0.0274. The van der Waals surface area contributed by atoms with Gasteiger partial charge in [0.2, 0.25) is 0 Å². The lowest BCUT2D eigenvalue weighted by atomic mass is 10.3. The van der Waals surface area contributed by atoms with Crippen LogP contribution < -0.4 is 20.9 Å². The van der Waals surface area contributed by atoms with Gasteiger partial charge in [0.15, 0.2) is 0 Å². The van der Waals surface area contributed by atoms with Crippen molar-refractivity contribution in [2.45, 2.75) is 0 Å². The standard InChI is InChI=1S/C18H24N2O4/c19-15-3-1-5-17(13-15)23-11-9-21-7-8-22-10-12-24-18-6-2-4-16(20)14-18/h1-6,13-14H,7-12,19-20H2. The molecule has 24 heavy (non-hydrogen) atoms. The molecule has 6 nitrogen and oxygen atoms in total. The first kappa shape index (κ1) is 17.9. The van der Waals surface area contributed by atoms with Crippen molar-refractivity contribution in [2.24, 2.45) is 0 Å². The summed E-state index contributed by atoms with van der Waals surface area (Å²) in [6.45, 7) is 2.97. The fraction of sp³-hybridized carbons (Fsp3) is 0.333. The molecule has 0 aliphatic heterocycles. The van der Waals surface area contributed by atoms with Crippen LogP contribution in [0.4, 0.5) is 11.4 Å². The molecule has 0 aliphatic rings. The molecular weight excluding hydrogens is 308 g/mol. The third-order valence-corrected chi connectivity index (χ3v) is 3.08. The summed E-state index contributed by atoms with van der Waals surface area (Å²) in [5.74, 6) is 1.49. The second-order valence-corrected chi connectivity index (χ2v) is 5.07. The molecule has 0 spiro atoms. The van der Waals surface area contributed by atoms with E-state index in [4.69, 9.17) is 30.4 Å². The molecule has 0 unspecified atom stereocenters. The van der Waals surface area contributed by atoms with E-state index in [1.165, 1.54) is 0 Å². The van der Waals surface area contributed by atoms with Crippen molar-refractivity contribution in [3.05, 3.63) is 48.5 Å². The van der Waals surface area contributed by atoms with Gasteiger partial charge in [-0.2, -0.15) is 0 Å². The average Bonchev–Trinajstić information content (AvgIpc) is 2.57. The molecule has 2 rings (SSSR count). The summed E-state index contributed by atoms with van der Waals surface area (Å²) in [4.78, 5) is 0. The minimum atomic E-state index is 0.474. The van der Waals surface area contributed by atoms with Crippen LogP contribution in [-0.4, -0.2) is 39.6 Å². The highest BCUT2D eigenvalue weighted by molar-refractivity contribution is 5.44. The normalized spacial score (nSPS) is 10.5. The van der Waals surface area contributed by atoms with Gasteiger partial charge in [-0.1, -0.05) is 12.1 Å². The monoisotopic (exact) mass is 332 g/mol. The van der Waals surface area contributed by atoms with Gasteiger partial charge in [-0.25, -0.2) is 0 Å². The van der Waals surface area contributed by atoms with Crippen LogP contribution in [-0.2, 0) is 9.47 Å². The summed E-state index contributed by atoms with van der Waals surface area (Å²) in [6, 6.07) is 14.6. The van der Waals surface area contributed by atoms with Crippen molar-refractivity contribution in [3.8, 4) is 11.5 Å². The van der Waals surface area contributed by atoms with Crippen molar-refractivity contribution in [3.63, 3.8) is 0 Å². The van der Waals surface area contributed by atoms with Gasteiger partial charge in [0, 0.05) is 23.5 Å². The summed E-state index contributed by atoms with van der Waals surface area (Å²) in [5, 5.41) is 0. The van der Waals surface area contributed by atoms with Crippen LogP contribution in [0.5, 0.6) is 11.5 Å². The summed E-state index contributed by atoms with van der Waals surface area (Å²) in [5.41, 5.74) is 12.7. The second kappa shape index (κ2) is 10.4. The molecule has 0 atom stereocenters. The molecule has 0 saturated carbocycles. The summed E-state index contributed by atoms with van der Waals surface area (Å²) in [7, 11) is 0. The van der Waals surface area contributed by atoms with Crippen LogP contribution in [0.3, 0.4) is 0 Å². The highest BCUT2D eigenvalue weighted by atomic mass is 16.6. The van der Waals surface area contributed by atoms with Crippen LogP contribution in [0.2, 0.25) is 0 Å². The Bertz CT molecular complexity index is 554. The van der Waals surface area contributed by atoms with E-state index in [2.05, 4.69) is 0 Å². The Hall–Kier alpha value is -2.44. The maximum absolute atomic E-state index is 5.67. The summed E-state index contributed by atoms with van der Waals surface area (Å²) < 4.78 is 21.9. The van der Waals surface area contributed by atoms with Crippen LogP contribution in [0, 0.1) is 0 Å². The SMILES string of the molecule is Nc1cccc(OCCOCCOCCOc2cccc(N)c2)c1. The zero-order chi connectivity index (χ0) is 17.0. The van der Waals surface area contributed by atoms with Crippen molar-refractivity contribution in [1.29, 1.82) is 0 Å². The second-order valence-electron chi connectivity index (χ2n) is 5.07. The molecule has 0 heterocycles. The number of benzene rings is 2. The van der Waals surface area contributed by atoms with Gasteiger partial charge >= 0.3 is 0 Å². The number of anilines is 2. The molecule has 0 radical (unpaired) electrons. The zero-order valence-corrected chi connectivity index (χ0v) is 13.6. The third-order valence-electron chi connectivity index (χ3n) is 3.08. The van der Waals surface area contributed by atoms with E-state index in [9.17, 15) is 0 Å². The summed E-state index contributed by atoms with van der Waals surface area (Å²) in [6.07, 6.45) is 0. The van der Waals surface area contributed by atoms with Crippen LogP contribution in [0.1, 0.15) is 0 Å². The molecule has 6 heteroatoms. The minimum Gasteiger partial charge on any atom is -0.491 e. The van der Waals surface area contributed by atoms with Crippen molar-refractivity contribution >= 4 is 11.4 Å². The Morgan fingerprint density at radius 3 is 1.42 bits per heavy atom. The van der Waals surface area contributed by atoms with Gasteiger partial charge in [-0.15, -0.1) is 0 Å². The quantitative estimate of drug-likeness (QED) is 0.485. The van der Waals surface area contributed by atoms with Crippen molar-refractivity contribution < 1.29 is 18.9 Å². The third kappa shape index (κ3) is 7.21. The molecule has 0 aliphatic carbocycles. The predicted octanol–water partition coefficient (Wildman–Crippen LogP) is 2.34. The topological polar surface area (TPSA) is 89.0 Å². The first-order valence-electron chi connectivity index (χ1n) is 7.86. The molecule has 0 amide bonds.